The zero-order valence-corrected chi connectivity index (χ0v) is 10.6. The zero-order valence-electron chi connectivity index (χ0n) is 10.6. The Morgan fingerprint density at radius 1 is 1.50 bits per heavy atom. The van der Waals surface area contributed by atoms with Crippen molar-refractivity contribution in [1.82, 2.24) is 5.32 Å². The number of rotatable bonds is 5. The van der Waals surface area contributed by atoms with Gasteiger partial charge in [-0.1, -0.05) is 13.8 Å². The van der Waals surface area contributed by atoms with Crippen molar-refractivity contribution in [3.63, 3.8) is 0 Å². The summed E-state index contributed by atoms with van der Waals surface area (Å²) in [6.07, 6.45) is 0. The fraction of sp³-hybridized carbons (Fsp3) is 0.417. The molecule has 0 atom stereocenters. The maximum absolute atomic E-state index is 11.7. The average molecular weight is 252 g/mol. The average Bonchev–Trinajstić information content (AvgIpc) is 2.34. The summed E-state index contributed by atoms with van der Waals surface area (Å²) in [6.45, 7) is 4.46. The van der Waals surface area contributed by atoms with Crippen LogP contribution in [0.3, 0.4) is 0 Å². The number of nitrogens with zero attached hydrogens (tertiary/aromatic N) is 1. The summed E-state index contributed by atoms with van der Waals surface area (Å²) in [5, 5.41) is 13.5. The van der Waals surface area contributed by atoms with Gasteiger partial charge in [0.15, 0.2) is 5.75 Å². The highest BCUT2D eigenvalue weighted by Crippen LogP contribution is 2.27. The lowest BCUT2D eigenvalue weighted by molar-refractivity contribution is -0.385. The highest BCUT2D eigenvalue weighted by molar-refractivity contribution is 5.95. The summed E-state index contributed by atoms with van der Waals surface area (Å²) >= 11 is 0. The van der Waals surface area contributed by atoms with Crippen molar-refractivity contribution in [2.75, 3.05) is 13.7 Å². The molecule has 0 aliphatic rings. The van der Waals surface area contributed by atoms with E-state index in [1.165, 1.54) is 25.3 Å². The molecule has 0 aliphatic heterocycles. The first-order chi connectivity index (χ1) is 8.45. The number of nitro groups is 1. The van der Waals surface area contributed by atoms with Gasteiger partial charge in [-0.3, -0.25) is 14.9 Å². The first kappa shape index (κ1) is 14.0. The molecule has 0 spiro atoms. The van der Waals surface area contributed by atoms with E-state index in [4.69, 9.17) is 4.74 Å². The molecule has 0 radical (unpaired) electrons. The number of nitro benzene ring substituents is 1. The predicted octanol–water partition coefficient (Wildman–Crippen LogP) is 1.99. The van der Waals surface area contributed by atoms with Crippen molar-refractivity contribution in [2.24, 2.45) is 5.92 Å². The van der Waals surface area contributed by atoms with Gasteiger partial charge in [0.2, 0.25) is 0 Å². The number of amides is 1. The van der Waals surface area contributed by atoms with E-state index in [9.17, 15) is 14.9 Å². The molecule has 1 aromatic rings. The summed E-state index contributed by atoms with van der Waals surface area (Å²) < 4.78 is 4.87. The van der Waals surface area contributed by atoms with Gasteiger partial charge in [0, 0.05) is 18.2 Å². The van der Waals surface area contributed by atoms with Crippen LogP contribution in [0.1, 0.15) is 24.2 Å². The lowest BCUT2D eigenvalue weighted by Crippen LogP contribution is -2.27. The van der Waals surface area contributed by atoms with E-state index in [0.717, 1.165) is 0 Å². The Morgan fingerprint density at radius 3 is 2.67 bits per heavy atom. The zero-order chi connectivity index (χ0) is 13.7. The largest absolute Gasteiger partial charge is 0.490 e. The first-order valence-electron chi connectivity index (χ1n) is 5.56. The number of ether oxygens (including phenoxy) is 1. The van der Waals surface area contributed by atoms with Gasteiger partial charge in [0.1, 0.15) is 0 Å². The van der Waals surface area contributed by atoms with Crippen molar-refractivity contribution in [3.8, 4) is 5.75 Å². The molecule has 0 aromatic heterocycles. The molecule has 0 bridgehead atoms. The molecule has 6 heteroatoms. The molecular formula is C12H16N2O4. The molecule has 1 N–H and O–H groups in total. The lowest BCUT2D eigenvalue weighted by atomic mass is 10.1. The van der Waals surface area contributed by atoms with Gasteiger partial charge in [-0.05, 0) is 18.1 Å². The van der Waals surface area contributed by atoms with E-state index in [2.05, 4.69) is 5.32 Å². The number of carbonyl (C=O) groups is 1. The van der Waals surface area contributed by atoms with Crippen molar-refractivity contribution in [3.05, 3.63) is 33.9 Å². The summed E-state index contributed by atoms with van der Waals surface area (Å²) in [7, 11) is 1.35. The highest BCUT2D eigenvalue weighted by Gasteiger charge is 2.17. The van der Waals surface area contributed by atoms with Crippen LogP contribution in [-0.2, 0) is 0 Å². The quantitative estimate of drug-likeness (QED) is 0.641. The Labute approximate surface area is 105 Å². The minimum Gasteiger partial charge on any atom is -0.490 e. The van der Waals surface area contributed by atoms with Crippen LogP contribution in [0.4, 0.5) is 5.69 Å². The van der Waals surface area contributed by atoms with Gasteiger partial charge in [0.05, 0.1) is 12.0 Å². The lowest BCUT2D eigenvalue weighted by Gasteiger charge is -2.08. The Kier molecular flexibility index (Phi) is 4.65. The topological polar surface area (TPSA) is 81.5 Å². The molecular weight excluding hydrogens is 236 g/mol. The van der Waals surface area contributed by atoms with Crippen molar-refractivity contribution in [2.45, 2.75) is 13.8 Å². The van der Waals surface area contributed by atoms with E-state index >= 15 is 0 Å². The Hall–Kier alpha value is -2.11. The van der Waals surface area contributed by atoms with E-state index < -0.39 is 4.92 Å². The van der Waals surface area contributed by atoms with Crippen LogP contribution < -0.4 is 10.1 Å². The molecule has 0 saturated heterocycles. The van der Waals surface area contributed by atoms with Crippen LogP contribution in [0.5, 0.6) is 5.75 Å². The minimum atomic E-state index is -0.571. The van der Waals surface area contributed by atoms with Gasteiger partial charge >= 0.3 is 5.69 Å². The number of nitrogens with one attached hydrogen (secondary N) is 1. The van der Waals surface area contributed by atoms with Crippen LogP contribution in [0, 0.1) is 16.0 Å². The number of hydrogen-bond acceptors (Lipinski definition) is 4. The standard InChI is InChI=1S/C12H16N2O4/c1-8(2)7-13-12(15)9-4-5-11(18-3)10(6-9)14(16)17/h4-6,8H,7H2,1-3H3,(H,13,15). The van der Waals surface area contributed by atoms with E-state index in [0.29, 0.717) is 12.5 Å². The Bertz CT molecular complexity index is 457. The highest BCUT2D eigenvalue weighted by atomic mass is 16.6. The summed E-state index contributed by atoms with van der Waals surface area (Å²) in [5.41, 5.74) is 0.0397. The smallest absolute Gasteiger partial charge is 0.311 e. The fourth-order valence-corrected chi connectivity index (χ4v) is 1.37. The fourth-order valence-electron chi connectivity index (χ4n) is 1.37. The molecule has 0 heterocycles. The SMILES string of the molecule is COc1ccc(C(=O)NCC(C)C)cc1[N+](=O)[O-]. The van der Waals surface area contributed by atoms with Crippen molar-refractivity contribution < 1.29 is 14.5 Å². The minimum absolute atomic E-state index is 0.139. The number of hydrogen-bond donors (Lipinski definition) is 1. The summed E-state index contributed by atoms with van der Waals surface area (Å²) in [5.74, 6) is 0.136. The molecule has 1 amide bonds. The normalized spacial score (nSPS) is 10.2. The molecule has 1 aromatic carbocycles. The third-order valence-corrected chi connectivity index (χ3v) is 2.31. The third kappa shape index (κ3) is 3.44. The van der Waals surface area contributed by atoms with Gasteiger partial charge in [-0.15, -0.1) is 0 Å². The second-order valence-corrected chi connectivity index (χ2v) is 4.25. The first-order valence-corrected chi connectivity index (χ1v) is 5.56. The molecule has 0 aliphatic carbocycles. The van der Waals surface area contributed by atoms with Crippen LogP contribution in [-0.4, -0.2) is 24.5 Å². The van der Waals surface area contributed by atoms with Crippen molar-refractivity contribution >= 4 is 11.6 Å². The molecule has 6 nitrogen and oxygen atoms in total. The maximum atomic E-state index is 11.7. The van der Waals surface area contributed by atoms with Gasteiger partial charge in [0.25, 0.3) is 5.91 Å². The van der Waals surface area contributed by atoms with Crippen LogP contribution >= 0.6 is 0 Å². The molecule has 0 fully saturated rings. The number of benzene rings is 1. The van der Waals surface area contributed by atoms with E-state index in [1.807, 2.05) is 13.8 Å². The second-order valence-electron chi connectivity index (χ2n) is 4.25. The van der Waals surface area contributed by atoms with E-state index in [-0.39, 0.29) is 22.9 Å². The molecule has 0 saturated carbocycles. The maximum Gasteiger partial charge on any atom is 0.311 e. The summed E-state index contributed by atoms with van der Waals surface area (Å²) in [6, 6.07) is 4.14. The predicted molar refractivity (Wildman–Crippen MR) is 66.8 cm³/mol. The van der Waals surface area contributed by atoms with Gasteiger partial charge < -0.3 is 10.1 Å². The monoisotopic (exact) mass is 252 g/mol. The van der Waals surface area contributed by atoms with Gasteiger partial charge in [-0.25, -0.2) is 0 Å². The molecule has 18 heavy (non-hydrogen) atoms. The Balaban J connectivity index is 2.94. The molecule has 1 rings (SSSR count). The van der Waals surface area contributed by atoms with Crippen LogP contribution in [0.2, 0.25) is 0 Å². The van der Waals surface area contributed by atoms with Crippen molar-refractivity contribution in [1.29, 1.82) is 0 Å². The van der Waals surface area contributed by atoms with Crippen LogP contribution in [0.15, 0.2) is 18.2 Å². The second kappa shape index (κ2) is 6.00. The van der Waals surface area contributed by atoms with Gasteiger partial charge in [-0.2, -0.15) is 0 Å². The van der Waals surface area contributed by atoms with Crippen LogP contribution in [0.25, 0.3) is 0 Å². The number of carbonyl (C=O) groups excluding carboxylic acids is 1. The number of methoxy groups -OCH3 is 1. The van der Waals surface area contributed by atoms with E-state index in [1.54, 1.807) is 0 Å². The Morgan fingerprint density at radius 2 is 2.17 bits per heavy atom. The molecule has 98 valence electrons. The summed E-state index contributed by atoms with van der Waals surface area (Å²) in [4.78, 5) is 22.0. The molecule has 0 unspecified atom stereocenters. The third-order valence-electron chi connectivity index (χ3n) is 2.31.